The van der Waals surface area contributed by atoms with Gasteiger partial charge in [0.1, 0.15) is 5.65 Å². The molecule has 0 aliphatic heterocycles. The Bertz CT molecular complexity index is 742. The van der Waals surface area contributed by atoms with E-state index in [0.29, 0.717) is 23.3 Å². The summed E-state index contributed by atoms with van der Waals surface area (Å²) in [5.41, 5.74) is 3.30. The van der Waals surface area contributed by atoms with Crippen LogP contribution in [0.15, 0.2) is 10.9 Å². The molecule has 0 bridgehead atoms. The van der Waals surface area contributed by atoms with E-state index in [1.807, 2.05) is 31.4 Å². The lowest BCUT2D eigenvalue weighted by atomic mass is 10.1. The lowest BCUT2D eigenvalue weighted by Crippen LogP contribution is -2.22. The van der Waals surface area contributed by atoms with Crippen LogP contribution in [-0.4, -0.2) is 15.3 Å². The summed E-state index contributed by atoms with van der Waals surface area (Å²) in [6.45, 7) is 9.75. The van der Waals surface area contributed by atoms with Crippen LogP contribution < -0.4 is 5.43 Å². The second-order valence-electron chi connectivity index (χ2n) is 4.85. The van der Waals surface area contributed by atoms with E-state index in [0.717, 1.165) is 11.3 Å². The Morgan fingerprint density at radius 2 is 1.95 bits per heavy atom. The predicted octanol–water partition coefficient (Wildman–Crippen LogP) is 2.54. The highest BCUT2D eigenvalue weighted by Gasteiger charge is 2.17. The van der Waals surface area contributed by atoms with Crippen molar-refractivity contribution in [2.24, 2.45) is 0 Å². The molecule has 2 aromatic heterocycles. The molecule has 0 saturated carbocycles. The van der Waals surface area contributed by atoms with Gasteiger partial charge in [-0.2, -0.15) is 0 Å². The van der Waals surface area contributed by atoms with Crippen molar-refractivity contribution in [3.8, 4) is 0 Å². The van der Waals surface area contributed by atoms with E-state index in [1.165, 1.54) is 6.92 Å². The fourth-order valence-electron chi connectivity index (χ4n) is 2.46. The highest BCUT2D eigenvalue weighted by molar-refractivity contribution is 5.98. The topological polar surface area (TPSA) is 52.0 Å². The summed E-state index contributed by atoms with van der Waals surface area (Å²) < 4.78 is 1.93. The van der Waals surface area contributed by atoms with Gasteiger partial charge in [0.05, 0.1) is 10.9 Å². The molecule has 0 fully saturated rings. The van der Waals surface area contributed by atoms with Crippen LogP contribution in [0.2, 0.25) is 0 Å². The van der Waals surface area contributed by atoms with E-state index in [1.54, 1.807) is 6.92 Å². The summed E-state index contributed by atoms with van der Waals surface area (Å²) in [6.07, 6.45) is 0. The second-order valence-corrected chi connectivity index (χ2v) is 4.85. The number of hydrogen-bond donors (Lipinski definition) is 0. The molecule has 4 nitrogen and oxygen atoms in total. The molecule has 0 aromatic carbocycles. The van der Waals surface area contributed by atoms with Crippen molar-refractivity contribution in [2.75, 3.05) is 0 Å². The Hall–Kier alpha value is -1.97. The molecule has 4 heteroatoms. The van der Waals surface area contributed by atoms with Crippen LogP contribution in [0.25, 0.3) is 11.0 Å². The molecule has 0 aliphatic rings. The van der Waals surface area contributed by atoms with Crippen LogP contribution in [0.1, 0.15) is 41.2 Å². The monoisotopic (exact) mass is 258 g/mol. The number of Topliss-reactive ketones (excluding diaryl/α,β-unsaturated/α-hetero) is 1. The maximum absolute atomic E-state index is 12.4. The molecule has 2 heterocycles. The summed E-state index contributed by atoms with van der Waals surface area (Å²) in [7, 11) is 0. The number of hydrogen-bond acceptors (Lipinski definition) is 3. The number of aromatic nitrogens is 2. The summed E-state index contributed by atoms with van der Waals surface area (Å²) in [5, 5.41) is 0.528. The minimum atomic E-state index is -0.208. The zero-order chi connectivity index (χ0) is 14.3. The average Bonchev–Trinajstić information content (AvgIpc) is 2.32. The van der Waals surface area contributed by atoms with E-state index in [2.05, 4.69) is 4.98 Å². The Labute approximate surface area is 112 Å². The normalized spacial score (nSPS) is 11.0. The van der Waals surface area contributed by atoms with E-state index >= 15 is 0 Å². The summed E-state index contributed by atoms with van der Waals surface area (Å²) in [4.78, 5) is 28.7. The first-order valence-electron chi connectivity index (χ1n) is 6.40. The first kappa shape index (κ1) is 13.5. The van der Waals surface area contributed by atoms with Gasteiger partial charge in [-0.05, 0) is 46.2 Å². The van der Waals surface area contributed by atoms with E-state index < -0.39 is 0 Å². The lowest BCUT2D eigenvalue weighted by Gasteiger charge is -2.15. The zero-order valence-corrected chi connectivity index (χ0v) is 12.0. The van der Waals surface area contributed by atoms with Crippen molar-refractivity contribution < 1.29 is 4.79 Å². The van der Waals surface area contributed by atoms with Crippen molar-refractivity contribution in [3.63, 3.8) is 0 Å². The van der Waals surface area contributed by atoms with Gasteiger partial charge in [-0.15, -0.1) is 0 Å². The molecule has 0 atom stereocenters. The molecule has 2 rings (SSSR count). The maximum atomic E-state index is 12.4. The maximum Gasteiger partial charge on any atom is 0.202 e. The number of carbonyl (C=O) groups is 1. The smallest absolute Gasteiger partial charge is 0.202 e. The Morgan fingerprint density at radius 1 is 1.32 bits per heavy atom. The third-order valence-corrected chi connectivity index (χ3v) is 3.61. The van der Waals surface area contributed by atoms with E-state index in [9.17, 15) is 9.59 Å². The van der Waals surface area contributed by atoms with E-state index in [4.69, 9.17) is 0 Å². The number of rotatable bonds is 2. The number of fused-ring (bicyclic) bond motifs is 1. The largest absolute Gasteiger partial charge is 0.329 e. The molecule has 0 saturated heterocycles. The fraction of sp³-hybridized carbons (Fsp3) is 0.400. The highest BCUT2D eigenvalue weighted by Crippen LogP contribution is 2.17. The first-order valence-corrected chi connectivity index (χ1v) is 6.40. The van der Waals surface area contributed by atoms with Crippen LogP contribution in [0.4, 0.5) is 0 Å². The molecular formula is C15H18N2O2. The van der Waals surface area contributed by atoms with Crippen molar-refractivity contribution in [1.82, 2.24) is 9.55 Å². The van der Waals surface area contributed by atoms with Crippen molar-refractivity contribution in [1.29, 1.82) is 0 Å². The van der Waals surface area contributed by atoms with Crippen molar-refractivity contribution in [2.45, 2.75) is 41.2 Å². The van der Waals surface area contributed by atoms with Gasteiger partial charge in [-0.3, -0.25) is 9.59 Å². The zero-order valence-electron chi connectivity index (χ0n) is 12.0. The third kappa shape index (κ3) is 1.97. The van der Waals surface area contributed by atoms with Crippen LogP contribution in [0.5, 0.6) is 0 Å². The van der Waals surface area contributed by atoms with Gasteiger partial charge in [0, 0.05) is 17.9 Å². The fourth-order valence-corrected chi connectivity index (χ4v) is 2.46. The molecule has 2 aromatic rings. The van der Waals surface area contributed by atoms with Gasteiger partial charge in [-0.25, -0.2) is 4.98 Å². The van der Waals surface area contributed by atoms with Gasteiger partial charge < -0.3 is 4.57 Å². The predicted molar refractivity (Wildman–Crippen MR) is 75.9 cm³/mol. The molecule has 19 heavy (non-hydrogen) atoms. The SMILES string of the molecule is CCn1c(C)c(C(C)=O)c(=O)c2cc(C)c(C)nc21. The van der Waals surface area contributed by atoms with Crippen molar-refractivity contribution in [3.05, 3.63) is 38.8 Å². The molecule has 100 valence electrons. The van der Waals surface area contributed by atoms with Gasteiger partial charge in [0.15, 0.2) is 5.78 Å². The molecule has 0 aliphatic carbocycles. The molecule has 0 radical (unpaired) electrons. The van der Waals surface area contributed by atoms with Crippen LogP contribution >= 0.6 is 0 Å². The van der Waals surface area contributed by atoms with Gasteiger partial charge >= 0.3 is 0 Å². The number of pyridine rings is 2. The Kier molecular flexibility index (Phi) is 3.27. The van der Waals surface area contributed by atoms with Crippen LogP contribution in [0.3, 0.4) is 0 Å². The van der Waals surface area contributed by atoms with Crippen LogP contribution in [0, 0.1) is 20.8 Å². The number of carbonyl (C=O) groups excluding carboxylic acids is 1. The quantitative estimate of drug-likeness (QED) is 0.778. The van der Waals surface area contributed by atoms with E-state index in [-0.39, 0.29) is 16.8 Å². The Morgan fingerprint density at radius 3 is 2.47 bits per heavy atom. The summed E-state index contributed by atoms with van der Waals surface area (Å²) >= 11 is 0. The first-order chi connectivity index (χ1) is 8.88. The minimum Gasteiger partial charge on any atom is -0.329 e. The number of aryl methyl sites for hydroxylation is 3. The summed E-state index contributed by atoms with van der Waals surface area (Å²) in [6, 6.07) is 1.83. The van der Waals surface area contributed by atoms with Gasteiger partial charge in [0.25, 0.3) is 0 Å². The Balaban J connectivity index is 3.09. The molecule has 0 N–H and O–H groups in total. The summed E-state index contributed by atoms with van der Waals surface area (Å²) in [5.74, 6) is -0.190. The van der Waals surface area contributed by atoms with Crippen LogP contribution in [-0.2, 0) is 6.54 Å². The van der Waals surface area contributed by atoms with Crippen molar-refractivity contribution >= 4 is 16.8 Å². The highest BCUT2D eigenvalue weighted by atomic mass is 16.1. The number of ketones is 1. The molecule has 0 spiro atoms. The van der Waals surface area contributed by atoms with Gasteiger partial charge in [-0.1, -0.05) is 0 Å². The van der Waals surface area contributed by atoms with Gasteiger partial charge in [0.2, 0.25) is 5.43 Å². The molecule has 0 amide bonds. The third-order valence-electron chi connectivity index (χ3n) is 3.61. The molecular weight excluding hydrogens is 240 g/mol. The molecule has 0 unspecified atom stereocenters. The lowest BCUT2D eigenvalue weighted by molar-refractivity contribution is 0.101. The average molecular weight is 258 g/mol. The standard InChI is InChI=1S/C15H18N2O2/c1-6-17-10(4)13(11(5)18)14(19)12-7-8(2)9(3)16-15(12)17/h7H,6H2,1-5H3. The number of nitrogens with zero attached hydrogens (tertiary/aromatic N) is 2. The minimum absolute atomic E-state index is 0.190. The second kappa shape index (κ2) is 4.61.